The quantitative estimate of drug-likeness (QED) is 0.638. The first-order valence-electron chi connectivity index (χ1n) is 8.39. The van der Waals surface area contributed by atoms with Crippen LogP contribution in [-0.4, -0.2) is 21.5 Å². The van der Waals surface area contributed by atoms with Crippen LogP contribution in [0.3, 0.4) is 0 Å². The Morgan fingerprint density at radius 2 is 1.89 bits per heavy atom. The van der Waals surface area contributed by atoms with Crippen LogP contribution in [0, 0.1) is 6.92 Å². The van der Waals surface area contributed by atoms with Gasteiger partial charge in [0, 0.05) is 15.8 Å². The molecule has 2 aromatic carbocycles. The molecule has 1 unspecified atom stereocenters. The van der Waals surface area contributed by atoms with Crippen LogP contribution in [0.1, 0.15) is 12.5 Å². The number of hydrogen-bond donors (Lipinski definition) is 2. The highest BCUT2D eigenvalue weighted by Crippen LogP contribution is 2.43. The van der Waals surface area contributed by atoms with Gasteiger partial charge in [0.15, 0.2) is 9.88 Å². The lowest BCUT2D eigenvalue weighted by Crippen LogP contribution is -2.49. The summed E-state index contributed by atoms with van der Waals surface area (Å²) in [6, 6.07) is 15.5. The van der Waals surface area contributed by atoms with Gasteiger partial charge in [-0.3, -0.25) is 9.59 Å². The predicted octanol–water partition coefficient (Wildman–Crippen LogP) is 4.56. The Kier molecular flexibility index (Phi) is 4.49. The van der Waals surface area contributed by atoms with Gasteiger partial charge < -0.3 is 10.6 Å². The van der Waals surface area contributed by atoms with Crippen LogP contribution in [0.4, 0.5) is 10.8 Å². The number of aromatic nitrogens is 1. The molecular weight excluding hydrogens is 378 g/mol. The average molecular weight is 396 g/mol. The topological polar surface area (TPSA) is 71.1 Å². The summed E-state index contributed by atoms with van der Waals surface area (Å²) >= 11 is 2.59. The molecule has 0 saturated carbocycles. The molecule has 7 heteroatoms. The molecular formula is C20H17N3O2S2. The van der Waals surface area contributed by atoms with Crippen LogP contribution in [0.5, 0.6) is 0 Å². The average Bonchev–Trinajstić information content (AvgIpc) is 3.11. The van der Waals surface area contributed by atoms with Crippen molar-refractivity contribution in [3.63, 3.8) is 0 Å². The van der Waals surface area contributed by atoms with Gasteiger partial charge in [0.2, 0.25) is 5.91 Å². The van der Waals surface area contributed by atoms with Crippen molar-refractivity contribution < 1.29 is 9.59 Å². The van der Waals surface area contributed by atoms with E-state index >= 15 is 0 Å². The first-order valence-corrected chi connectivity index (χ1v) is 10.1. The summed E-state index contributed by atoms with van der Waals surface area (Å²) < 4.78 is -1.26. The molecule has 0 radical (unpaired) electrons. The van der Waals surface area contributed by atoms with Gasteiger partial charge >= 0.3 is 0 Å². The molecule has 1 aliphatic heterocycles. The molecule has 2 N–H and O–H groups in total. The number of hydrogen-bond acceptors (Lipinski definition) is 5. The third kappa shape index (κ3) is 3.36. The predicted molar refractivity (Wildman–Crippen MR) is 110 cm³/mol. The van der Waals surface area contributed by atoms with Gasteiger partial charge in [-0.25, -0.2) is 4.98 Å². The fourth-order valence-corrected chi connectivity index (χ4v) is 4.54. The summed E-state index contributed by atoms with van der Waals surface area (Å²) in [5, 5.41) is 7.99. The summed E-state index contributed by atoms with van der Waals surface area (Å²) in [4.78, 5) is 30.8. The number of thiazole rings is 1. The molecule has 1 aliphatic rings. The summed E-state index contributed by atoms with van der Waals surface area (Å²) in [5.74, 6) is -0.719. The third-order valence-corrected chi connectivity index (χ3v) is 6.50. The minimum Gasteiger partial charge on any atom is -0.323 e. The normalized spacial score (nSPS) is 18.5. The van der Waals surface area contributed by atoms with E-state index in [0.717, 1.165) is 21.8 Å². The van der Waals surface area contributed by atoms with E-state index in [2.05, 4.69) is 15.6 Å². The van der Waals surface area contributed by atoms with Crippen LogP contribution in [0.25, 0.3) is 11.3 Å². The summed E-state index contributed by atoms with van der Waals surface area (Å²) in [6.07, 6.45) is 0. The highest BCUT2D eigenvalue weighted by atomic mass is 32.2. The molecule has 1 aromatic heterocycles. The molecule has 136 valence electrons. The largest absolute Gasteiger partial charge is 0.323 e. The molecule has 2 amide bonds. The van der Waals surface area contributed by atoms with Gasteiger partial charge in [0.1, 0.15) is 0 Å². The number of amides is 2. The second-order valence-electron chi connectivity index (χ2n) is 6.44. The Morgan fingerprint density at radius 1 is 1.15 bits per heavy atom. The van der Waals surface area contributed by atoms with Gasteiger partial charge in [-0.15, -0.1) is 11.3 Å². The number of nitrogens with one attached hydrogen (secondary N) is 2. The van der Waals surface area contributed by atoms with Gasteiger partial charge in [-0.1, -0.05) is 53.7 Å². The molecule has 0 saturated heterocycles. The van der Waals surface area contributed by atoms with Crippen LogP contribution >= 0.6 is 23.1 Å². The molecule has 1 atom stereocenters. The third-order valence-electron chi connectivity index (χ3n) is 4.39. The van der Waals surface area contributed by atoms with E-state index in [1.165, 1.54) is 28.7 Å². The van der Waals surface area contributed by atoms with E-state index in [1.54, 1.807) is 6.92 Å². The maximum absolute atomic E-state index is 12.9. The highest BCUT2D eigenvalue weighted by Gasteiger charge is 2.46. The lowest BCUT2D eigenvalue weighted by Gasteiger charge is -2.31. The minimum atomic E-state index is -1.26. The van der Waals surface area contributed by atoms with Gasteiger partial charge in [-0.2, -0.15) is 0 Å². The number of benzene rings is 2. The fourth-order valence-electron chi connectivity index (χ4n) is 2.72. The molecule has 5 nitrogen and oxygen atoms in total. The molecule has 27 heavy (non-hydrogen) atoms. The van der Waals surface area contributed by atoms with Crippen LogP contribution in [0.15, 0.2) is 58.8 Å². The lowest BCUT2D eigenvalue weighted by molar-refractivity contribution is -0.126. The number of aryl methyl sites for hydroxylation is 1. The first kappa shape index (κ1) is 17.8. The van der Waals surface area contributed by atoms with Crippen molar-refractivity contribution in [3.05, 3.63) is 59.5 Å². The first-order chi connectivity index (χ1) is 13.0. The molecule has 0 fully saturated rings. The number of anilines is 2. The van der Waals surface area contributed by atoms with Gasteiger partial charge in [0.05, 0.1) is 11.4 Å². The van der Waals surface area contributed by atoms with Crippen molar-refractivity contribution in [1.82, 2.24) is 4.98 Å². The van der Waals surface area contributed by atoms with Crippen LogP contribution < -0.4 is 10.6 Å². The SMILES string of the molecule is Cc1ccc(-c2csc(NC(=O)C3(C)Sc4ccccc4NC3=O)n2)cc1. The van der Waals surface area contributed by atoms with Crippen molar-refractivity contribution in [2.45, 2.75) is 23.5 Å². The van der Waals surface area contributed by atoms with Crippen molar-refractivity contribution in [2.75, 3.05) is 10.6 Å². The van der Waals surface area contributed by atoms with Gasteiger partial charge in [0.25, 0.3) is 5.91 Å². The van der Waals surface area contributed by atoms with E-state index in [1.807, 2.05) is 60.8 Å². The number of para-hydroxylation sites is 1. The summed E-state index contributed by atoms with van der Waals surface area (Å²) in [5.41, 5.74) is 3.69. The maximum atomic E-state index is 12.9. The van der Waals surface area contributed by atoms with Gasteiger partial charge in [-0.05, 0) is 26.0 Å². The Labute approximate surface area is 165 Å². The fraction of sp³-hybridized carbons (Fsp3) is 0.150. The summed E-state index contributed by atoms with van der Waals surface area (Å²) in [7, 11) is 0. The Morgan fingerprint density at radius 3 is 2.67 bits per heavy atom. The zero-order chi connectivity index (χ0) is 19.0. The van der Waals surface area contributed by atoms with E-state index < -0.39 is 4.75 Å². The Balaban J connectivity index is 1.54. The highest BCUT2D eigenvalue weighted by molar-refractivity contribution is 8.02. The van der Waals surface area contributed by atoms with Crippen molar-refractivity contribution in [3.8, 4) is 11.3 Å². The maximum Gasteiger partial charge on any atom is 0.252 e. The molecule has 4 rings (SSSR count). The molecule has 2 heterocycles. The second kappa shape index (κ2) is 6.83. The molecule has 3 aromatic rings. The van der Waals surface area contributed by atoms with E-state index in [4.69, 9.17) is 0 Å². The van der Waals surface area contributed by atoms with E-state index in [-0.39, 0.29) is 11.8 Å². The van der Waals surface area contributed by atoms with Crippen molar-refractivity contribution in [1.29, 1.82) is 0 Å². The van der Waals surface area contributed by atoms with Crippen LogP contribution in [-0.2, 0) is 9.59 Å². The number of rotatable bonds is 3. The Hall–Kier alpha value is -2.64. The molecule has 0 bridgehead atoms. The number of thioether (sulfide) groups is 1. The number of fused-ring (bicyclic) bond motifs is 1. The zero-order valence-electron chi connectivity index (χ0n) is 14.8. The summed E-state index contributed by atoms with van der Waals surface area (Å²) in [6.45, 7) is 3.66. The van der Waals surface area contributed by atoms with E-state index in [9.17, 15) is 9.59 Å². The zero-order valence-corrected chi connectivity index (χ0v) is 16.4. The number of nitrogens with zero attached hydrogens (tertiary/aromatic N) is 1. The van der Waals surface area contributed by atoms with Crippen molar-refractivity contribution >= 4 is 45.7 Å². The van der Waals surface area contributed by atoms with E-state index in [0.29, 0.717) is 5.13 Å². The standard InChI is InChI=1S/C20H17N3O2S2/c1-12-7-9-13(10-8-12)15-11-26-19(22-15)23-18(25)20(2)17(24)21-14-5-3-4-6-16(14)27-20/h3-11H,1-2H3,(H,21,24)(H,22,23,25). The lowest BCUT2D eigenvalue weighted by atomic mass is 10.1. The monoisotopic (exact) mass is 395 g/mol. The molecule has 0 aliphatic carbocycles. The Bertz CT molecular complexity index is 1030. The van der Waals surface area contributed by atoms with Crippen molar-refractivity contribution in [2.24, 2.45) is 0 Å². The number of carbonyl (C=O) groups excluding carboxylic acids is 2. The smallest absolute Gasteiger partial charge is 0.252 e. The number of carbonyl (C=O) groups is 2. The second-order valence-corrected chi connectivity index (χ2v) is 8.76. The molecule has 0 spiro atoms. The van der Waals surface area contributed by atoms with Crippen LogP contribution in [0.2, 0.25) is 0 Å². The minimum absolute atomic E-state index is 0.334.